The summed E-state index contributed by atoms with van der Waals surface area (Å²) in [5.41, 5.74) is 0. The molecule has 1 heterocycles. The van der Waals surface area contributed by atoms with Crippen LogP contribution in [-0.2, 0) is 0 Å². The quantitative estimate of drug-likeness (QED) is 0.341. The van der Waals surface area contributed by atoms with Crippen molar-refractivity contribution in [3.63, 3.8) is 0 Å². The third-order valence-corrected chi connectivity index (χ3v) is 2.80. The van der Waals surface area contributed by atoms with Crippen LogP contribution in [-0.4, -0.2) is 8.96 Å². The van der Waals surface area contributed by atoms with Crippen molar-refractivity contribution >= 4 is 8.96 Å². The molecule has 1 aliphatic heterocycles. The van der Waals surface area contributed by atoms with Crippen molar-refractivity contribution in [3.05, 3.63) is 12.2 Å². The van der Waals surface area contributed by atoms with Gasteiger partial charge in [-0.15, -0.1) is 0 Å². The highest BCUT2D eigenvalue weighted by molar-refractivity contribution is 6.57. The van der Waals surface area contributed by atoms with Crippen LogP contribution < -0.4 is 5.40 Å². The first-order valence-corrected chi connectivity index (χ1v) is 4.60. The Hall–Kier alpha value is -0.0831. The topological polar surface area (TPSA) is 26.0 Å². The van der Waals surface area contributed by atoms with Crippen molar-refractivity contribution in [2.75, 3.05) is 0 Å². The average Bonchev–Trinajstić information content (AvgIpc) is 1.86. The van der Waals surface area contributed by atoms with E-state index in [9.17, 15) is 0 Å². The molecule has 1 nitrogen and oxygen atoms in total. The van der Waals surface area contributed by atoms with E-state index in [4.69, 9.17) is 5.40 Å². The average molecular weight is 99.2 g/mol. The van der Waals surface area contributed by atoms with Gasteiger partial charge in [0.25, 0.3) is 0 Å². The van der Waals surface area contributed by atoms with E-state index in [1.807, 2.05) is 0 Å². The molecule has 0 aromatic heterocycles. The van der Waals surface area contributed by atoms with Gasteiger partial charge in [-0.05, 0) is 12.1 Å². The van der Waals surface area contributed by atoms with Gasteiger partial charge < -0.3 is 5.40 Å². The zero-order chi connectivity index (χ0) is 4.41. The van der Waals surface area contributed by atoms with Crippen LogP contribution in [0.3, 0.4) is 0 Å². The summed E-state index contributed by atoms with van der Waals surface area (Å²) >= 11 is 0. The first-order valence-electron chi connectivity index (χ1n) is 2.30. The molecule has 0 spiro atoms. The molecular formula is C4H9NSi. The van der Waals surface area contributed by atoms with E-state index in [1.54, 1.807) is 0 Å². The maximum Gasteiger partial charge on any atom is 0.113 e. The molecule has 0 bridgehead atoms. The minimum atomic E-state index is -0.660. The zero-order valence-electron chi connectivity index (χ0n) is 3.72. The SMILES string of the molecule is N[SiH]1CC=CC1. The molecule has 0 aromatic carbocycles. The molecule has 0 atom stereocenters. The lowest BCUT2D eigenvalue weighted by Gasteiger charge is -1.90. The Morgan fingerprint density at radius 1 is 1.33 bits per heavy atom. The van der Waals surface area contributed by atoms with Crippen molar-refractivity contribution in [3.8, 4) is 0 Å². The molecule has 2 heteroatoms. The summed E-state index contributed by atoms with van der Waals surface area (Å²) in [6.07, 6.45) is 4.38. The first kappa shape index (κ1) is 4.09. The summed E-state index contributed by atoms with van der Waals surface area (Å²) in [6.45, 7) is 0. The van der Waals surface area contributed by atoms with E-state index in [0.717, 1.165) is 0 Å². The molecule has 0 fully saturated rings. The van der Waals surface area contributed by atoms with Crippen molar-refractivity contribution in [2.45, 2.75) is 12.1 Å². The smallest absolute Gasteiger partial charge is 0.113 e. The molecule has 0 saturated carbocycles. The molecule has 2 N–H and O–H groups in total. The largest absolute Gasteiger partial charge is 0.353 e. The molecule has 0 unspecified atom stereocenters. The zero-order valence-corrected chi connectivity index (χ0v) is 4.88. The fourth-order valence-corrected chi connectivity index (χ4v) is 1.91. The number of hydrogen-bond donors (Lipinski definition) is 1. The Kier molecular flexibility index (Phi) is 1.07. The lowest BCUT2D eigenvalue weighted by molar-refractivity contribution is 1.58. The molecule has 1 rings (SSSR count). The summed E-state index contributed by atoms with van der Waals surface area (Å²) in [6, 6.07) is 2.44. The van der Waals surface area contributed by atoms with E-state index < -0.39 is 8.96 Å². The van der Waals surface area contributed by atoms with Crippen molar-refractivity contribution in [1.82, 2.24) is 0 Å². The van der Waals surface area contributed by atoms with Crippen molar-refractivity contribution in [1.29, 1.82) is 0 Å². The van der Waals surface area contributed by atoms with Crippen LogP contribution in [0, 0.1) is 0 Å². The van der Waals surface area contributed by atoms with Crippen LogP contribution in [0.2, 0.25) is 12.1 Å². The minimum Gasteiger partial charge on any atom is -0.353 e. The second-order valence-electron chi connectivity index (χ2n) is 1.70. The minimum absolute atomic E-state index is 0.660. The first-order chi connectivity index (χ1) is 2.89. The van der Waals surface area contributed by atoms with E-state index in [-0.39, 0.29) is 0 Å². The van der Waals surface area contributed by atoms with E-state index in [2.05, 4.69) is 12.2 Å². The molecule has 0 amide bonds. The highest BCUT2D eigenvalue weighted by Crippen LogP contribution is 2.03. The highest BCUT2D eigenvalue weighted by Gasteiger charge is 2.03. The van der Waals surface area contributed by atoms with Gasteiger partial charge in [-0.1, -0.05) is 12.2 Å². The number of nitrogens with two attached hydrogens (primary N) is 1. The van der Waals surface area contributed by atoms with Crippen molar-refractivity contribution < 1.29 is 0 Å². The van der Waals surface area contributed by atoms with E-state index in [1.165, 1.54) is 12.1 Å². The highest BCUT2D eigenvalue weighted by atomic mass is 28.3. The monoisotopic (exact) mass is 99.1 g/mol. The Labute approximate surface area is 39.5 Å². The Morgan fingerprint density at radius 3 is 2.00 bits per heavy atom. The van der Waals surface area contributed by atoms with Gasteiger partial charge in [-0.3, -0.25) is 0 Å². The Bertz CT molecular complexity index is 61.9. The summed E-state index contributed by atoms with van der Waals surface area (Å²) in [5.74, 6) is 0. The molecular weight excluding hydrogens is 90.1 g/mol. The van der Waals surface area contributed by atoms with Crippen LogP contribution >= 0.6 is 0 Å². The fraction of sp³-hybridized carbons (Fsp3) is 0.500. The van der Waals surface area contributed by atoms with Gasteiger partial charge in [0.15, 0.2) is 0 Å². The summed E-state index contributed by atoms with van der Waals surface area (Å²) < 4.78 is 0. The van der Waals surface area contributed by atoms with E-state index >= 15 is 0 Å². The molecule has 0 radical (unpaired) electrons. The third kappa shape index (κ3) is 0.697. The molecule has 0 aliphatic carbocycles. The second-order valence-corrected chi connectivity index (χ2v) is 4.17. The summed E-state index contributed by atoms with van der Waals surface area (Å²) in [4.78, 5) is 0. The van der Waals surface area contributed by atoms with Crippen LogP contribution in [0.25, 0.3) is 0 Å². The lowest BCUT2D eigenvalue weighted by atomic mass is 10.6. The standard InChI is InChI=1S/C4H9NSi/c5-6-3-1-2-4-6/h1-2,6H,3-5H2. The van der Waals surface area contributed by atoms with E-state index in [0.29, 0.717) is 0 Å². The van der Waals surface area contributed by atoms with Crippen LogP contribution in [0.4, 0.5) is 0 Å². The maximum absolute atomic E-state index is 5.61. The van der Waals surface area contributed by atoms with Gasteiger partial charge >= 0.3 is 0 Å². The number of rotatable bonds is 0. The van der Waals surface area contributed by atoms with Gasteiger partial charge in [0.05, 0.1) is 0 Å². The Balaban J connectivity index is 2.32. The van der Waals surface area contributed by atoms with Crippen LogP contribution in [0.15, 0.2) is 12.2 Å². The molecule has 6 heavy (non-hydrogen) atoms. The van der Waals surface area contributed by atoms with Crippen molar-refractivity contribution in [2.24, 2.45) is 5.40 Å². The molecule has 0 saturated heterocycles. The summed E-state index contributed by atoms with van der Waals surface area (Å²) in [7, 11) is -0.660. The normalized spacial score (nSPS) is 22.8. The fourth-order valence-electron chi connectivity index (χ4n) is 0.638. The second kappa shape index (κ2) is 1.58. The third-order valence-electron chi connectivity index (χ3n) is 1.04. The number of hydrogen-bond acceptors (Lipinski definition) is 1. The van der Waals surface area contributed by atoms with Gasteiger partial charge in [-0.2, -0.15) is 0 Å². The molecule has 0 aromatic rings. The predicted octanol–water partition coefficient (Wildman–Crippen LogP) is 0.239. The summed E-state index contributed by atoms with van der Waals surface area (Å²) in [5, 5.41) is 5.61. The van der Waals surface area contributed by atoms with Gasteiger partial charge in [0, 0.05) is 0 Å². The van der Waals surface area contributed by atoms with Crippen LogP contribution in [0.1, 0.15) is 0 Å². The number of allylic oxidation sites excluding steroid dienone is 2. The van der Waals surface area contributed by atoms with Crippen LogP contribution in [0.5, 0.6) is 0 Å². The van der Waals surface area contributed by atoms with Gasteiger partial charge in [-0.25, -0.2) is 0 Å². The lowest BCUT2D eigenvalue weighted by Crippen LogP contribution is -2.19. The molecule has 1 aliphatic rings. The Morgan fingerprint density at radius 2 is 1.83 bits per heavy atom. The predicted molar refractivity (Wildman–Crippen MR) is 30.1 cm³/mol. The maximum atomic E-state index is 5.61. The van der Waals surface area contributed by atoms with Gasteiger partial charge in [0.2, 0.25) is 0 Å². The van der Waals surface area contributed by atoms with Gasteiger partial charge in [0.1, 0.15) is 8.96 Å². The molecule has 34 valence electrons.